The quantitative estimate of drug-likeness (QED) is 0.655. The van der Waals surface area contributed by atoms with Crippen LogP contribution in [0.2, 0.25) is 0 Å². The van der Waals surface area contributed by atoms with E-state index in [4.69, 9.17) is 14.6 Å². The summed E-state index contributed by atoms with van der Waals surface area (Å²) < 4.78 is 10.7. The van der Waals surface area contributed by atoms with Crippen LogP contribution in [-0.4, -0.2) is 42.7 Å². The van der Waals surface area contributed by atoms with E-state index in [2.05, 4.69) is 19.2 Å². The van der Waals surface area contributed by atoms with Crippen LogP contribution >= 0.6 is 0 Å². The SMILES string of the molecule is COc1ccc(CNC(C)C)c(OCC(O)CO)c1. The Bertz CT molecular complexity index is 382. The van der Waals surface area contributed by atoms with Gasteiger partial charge in [-0.15, -0.1) is 0 Å². The zero-order valence-electron chi connectivity index (χ0n) is 11.7. The van der Waals surface area contributed by atoms with Gasteiger partial charge in [-0.1, -0.05) is 19.9 Å². The van der Waals surface area contributed by atoms with Crippen molar-refractivity contribution in [1.82, 2.24) is 5.32 Å². The van der Waals surface area contributed by atoms with Crippen molar-refractivity contribution < 1.29 is 19.7 Å². The first-order chi connectivity index (χ1) is 9.06. The fourth-order valence-corrected chi connectivity index (χ4v) is 1.50. The number of rotatable bonds is 8. The van der Waals surface area contributed by atoms with Gasteiger partial charge >= 0.3 is 0 Å². The lowest BCUT2D eigenvalue weighted by Gasteiger charge is -2.16. The second-order valence-electron chi connectivity index (χ2n) is 4.66. The van der Waals surface area contributed by atoms with E-state index in [-0.39, 0.29) is 13.2 Å². The third kappa shape index (κ3) is 5.46. The van der Waals surface area contributed by atoms with Crippen LogP contribution in [0.4, 0.5) is 0 Å². The van der Waals surface area contributed by atoms with Crippen molar-refractivity contribution in [3.63, 3.8) is 0 Å². The molecule has 19 heavy (non-hydrogen) atoms. The number of ether oxygens (including phenoxy) is 2. The molecule has 0 aliphatic carbocycles. The highest BCUT2D eigenvalue weighted by Gasteiger charge is 2.09. The molecule has 0 saturated heterocycles. The summed E-state index contributed by atoms with van der Waals surface area (Å²) in [5, 5.41) is 21.4. The lowest BCUT2D eigenvalue weighted by molar-refractivity contribution is 0.0532. The molecule has 1 unspecified atom stereocenters. The predicted molar refractivity (Wildman–Crippen MR) is 73.6 cm³/mol. The zero-order valence-corrected chi connectivity index (χ0v) is 11.7. The monoisotopic (exact) mass is 269 g/mol. The fourth-order valence-electron chi connectivity index (χ4n) is 1.50. The first-order valence-electron chi connectivity index (χ1n) is 6.38. The van der Waals surface area contributed by atoms with E-state index in [1.807, 2.05) is 12.1 Å². The highest BCUT2D eigenvalue weighted by Crippen LogP contribution is 2.25. The van der Waals surface area contributed by atoms with Crippen molar-refractivity contribution >= 4 is 0 Å². The molecule has 1 aromatic rings. The molecule has 1 atom stereocenters. The van der Waals surface area contributed by atoms with Crippen LogP contribution in [0.25, 0.3) is 0 Å². The Labute approximate surface area is 114 Å². The Morgan fingerprint density at radius 3 is 2.63 bits per heavy atom. The molecule has 0 saturated carbocycles. The summed E-state index contributed by atoms with van der Waals surface area (Å²) in [5.74, 6) is 1.35. The molecule has 0 radical (unpaired) electrons. The normalized spacial score (nSPS) is 12.5. The van der Waals surface area contributed by atoms with Gasteiger partial charge in [0.05, 0.1) is 13.7 Å². The molecule has 5 nitrogen and oxygen atoms in total. The molecule has 0 amide bonds. The second-order valence-corrected chi connectivity index (χ2v) is 4.66. The molecule has 0 aliphatic rings. The fraction of sp³-hybridized carbons (Fsp3) is 0.571. The van der Waals surface area contributed by atoms with Gasteiger partial charge in [0.1, 0.15) is 24.2 Å². The van der Waals surface area contributed by atoms with Crippen molar-refractivity contribution in [3.8, 4) is 11.5 Å². The average Bonchev–Trinajstić information content (AvgIpc) is 2.42. The minimum Gasteiger partial charge on any atom is -0.497 e. The highest BCUT2D eigenvalue weighted by molar-refractivity contribution is 5.40. The molecule has 0 heterocycles. The number of hydrogen-bond acceptors (Lipinski definition) is 5. The van der Waals surface area contributed by atoms with Gasteiger partial charge in [-0.05, 0) is 6.07 Å². The van der Waals surface area contributed by atoms with E-state index in [1.54, 1.807) is 13.2 Å². The predicted octanol–water partition coefficient (Wildman–Crippen LogP) is 0.925. The van der Waals surface area contributed by atoms with Crippen LogP contribution in [0.5, 0.6) is 11.5 Å². The Morgan fingerprint density at radius 2 is 2.05 bits per heavy atom. The summed E-state index contributed by atoms with van der Waals surface area (Å²) in [6, 6.07) is 5.95. The molecule has 0 spiro atoms. The van der Waals surface area contributed by atoms with Gasteiger partial charge < -0.3 is 25.0 Å². The van der Waals surface area contributed by atoms with Crippen LogP contribution in [0.1, 0.15) is 19.4 Å². The molecule has 0 bridgehead atoms. The largest absolute Gasteiger partial charge is 0.497 e. The van der Waals surface area contributed by atoms with E-state index < -0.39 is 6.10 Å². The lowest BCUT2D eigenvalue weighted by atomic mass is 10.1. The lowest BCUT2D eigenvalue weighted by Crippen LogP contribution is -2.24. The molecule has 0 aromatic heterocycles. The molecule has 3 N–H and O–H groups in total. The third-order valence-electron chi connectivity index (χ3n) is 2.62. The Balaban J connectivity index is 2.76. The molecule has 5 heteroatoms. The standard InChI is InChI=1S/C14H23NO4/c1-10(2)15-7-11-4-5-13(18-3)6-14(11)19-9-12(17)8-16/h4-6,10,12,15-17H,7-9H2,1-3H3. The topological polar surface area (TPSA) is 71.0 Å². The molecule has 0 aliphatic heterocycles. The van der Waals surface area contributed by atoms with Gasteiger partial charge in [-0.2, -0.15) is 0 Å². The molecule has 0 fully saturated rings. The van der Waals surface area contributed by atoms with Crippen molar-refractivity contribution in [2.45, 2.75) is 32.5 Å². The van der Waals surface area contributed by atoms with E-state index >= 15 is 0 Å². The van der Waals surface area contributed by atoms with E-state index in [1.165, 1.54) is 0 Å². The summed E-state index contributed by atoms with van der Waals surface area (Å²) in [6.07, 6.45) is -0.878. The van der Waals surface area contributed by atoms with Gasteiger partial charge in [0.2, 0.25) is 0 Å². The van der Waals surface area contributed by atoms with E-state index in [9.17, 15) is 5.11 Å². The number of nitrogens with one attached hydrogen (secondary N) is 1. The maximum Gasteiger partial charge on any atom is 0.127 e. The Morgan fingerprint density at radius 1 is 1.32 bits per heavy atom. The minimum atomic E-state index is -0.878. The van der Waals surface area contributed by atoms with Crippen LogP contribution in [-0.2, 0) is 6.54 Å². The Kier molecular flexibility index (Phi) is 6.62. The van der Waals surface area contributed by atoms with E-state index in [0.717, 1.165) is 5.56 Å². The van der Waals surface area contributed by atoms with Gasteiger partial charge in [-0.25, -0.2) is 0 Å². The smallest absolute Gasteiger partial charge is 0.127 e. The first kappa shape index (κ1) is 15.8. The summed E-state index contributed by atoms with van der Waals surface area (Å²) >= 11 is 0. The Hall–Kier alpha value is -1.30. The van der Waals surface area contributed by atoms with E-state index in [0.29, 0.717) is 24.1 Å². The van der Waals surface area contributed by atoms with Crippen molar-refractivity contribution in [1.29, 1.82) is 0 Å². The average molecular weight is 269 g/mol. The number of benzene rings is 1. The number of methoxy groups -OCH3 is 1. The van der Waals surface area contributed by atoms with Crippen molar-refractivity contribution in [3.05, 3.63) is 23.8 Å². The molecule has 1 rings (SSSR count). The maximum absolute atomic E-state index is 9.33. The van der Waals surface area contributed by atoms with Crippen LogP contribution in [0.3, 0.4) is 0 Å². The summed E-state index contributed by atoms with van der Waals surface area (Å²) in [5.41, 5.74) is 0.986. The number of aliphatic hydroxyl groups excluding tert-OH is 2. The van der Waals surface area contributed by atoms with Gasteiger partial charge in [0.25, 0.3) is 0 Å². The highest BCUT2D eigenvalue weighted by atomic mass is 16.5. The number of hydrogen-bond donors (Lipinski definition) is 3. The van der Waals surface area contributed by atoms with Crippen LogP contribution in [0.15, 0.2) is 18.2 Å². The van der Waals surface area contributed by atoms with Crippen LogP contribution in [0, 0.1) is 0 Å². The summed E-state index contributed by atoms with van der Waals surface area (Å²) in [6.45, 7) is 4.55. The maximum atomic E-state index is 9.33. The van der Waals surface area contributed by atoms with Gasteiger partial charge in [0, 0.05) is 24.2 Å². The first-order valence-corrected chi connectivity index (χ1v) is 6.38. The molecule has 1 aromatic carbocycles. The summed E-state index contributed by atoms with van der Waals surface area (Å²) in [7, 11) is 1.59. The molecule has 108 valence electrons. The zero-order chi connectivity index (χ0) is 14.3. The molecular weight excluding hydrogens is 246 g/mol. The summed E-state index contributed by atoms with van der Waals surface area (Å²) in [4.78, 5) is 0. The number of aliphatic hydroxyl groups is 2. The van der Waals surface area contributed by atoms with Crippen molar-refractivity contribution in [2.24, 2.45) is 0 Å². The van der Waals surface area contributed by atoms with Gasteiger partial charge in [-0.3, -0.25) is 0 Å². The van der Waals surface area contributed by atoms with Crippen molar-refractivity contribution in [2.75, 3.05) is 20.3 Å². The molecular formula is C14H23NO4. The van der Waals surface area contributed by atoms with Crippen LogP contribution < -0.4 is 14.8 Å². The minimum absolute atomic E-state index is 0.0539. The second kappa shape index (κ2) is 7.99. The van der Waals surface area contributed by atoms with Gasteiger partial charge in [0.15, 0.2) is 0 Å². The third-order valence-corrected chi connectivity index (χ3v) is 2.62.